The van der Waals surface area contributed by atoms with Gasteiger partial charge in [-0.15, -0.1) is 10.2 Å². The first-order chi connectivity index (χ1) is 14.5. The summed E-state index contributed by atoms with van der Waals surface area (Å²) in [5.74, 6) is -0.164. The SMILES string of the molecule is N#Cc1ccc(CSc2nnc(NC(=O)CN3C(=O)NC4(CCCC4)C3=O)s2)cc1. The number of nitrogens with one attached hydrogen (secondary N) is 2. The summed E-state index contributed by atoms with van der Waals surface area (Å²) in [6, 6.07) is 8.83. The van der Waals surface area contributed by atoms with Crippen LogP contribution in [0.1, 0.15) is 36.8 Å². The van der Waals surface area contributed by atoms with Gasteiger partial charge in [0.2, 0.25) is 11.0 Å². The molecule has 4 amide bonds. The Balaban J connectivity index is 1.30. The van der Waals surface area contributed by atoms with Crippen molar-refractivity contribution >= 4 is 46.1 Å². The molecular weight excluding hydrogens is 424 g/mol. The molecule has 154 valence electrons. The molecule has 30 heavy (non-hydrogen) atoms. The average Bonchev–Trinajstić information content (AvgIpc) is 3.45. The highest BCUT2D eigenvalue weighted by molar-refractivity contribution is 8.00. The van der Waals surface area contributed by atoms with E-state index < -0.39 is 17.5 Å². The van der Waals surface area contributed by atoms with Crippen LogP contribution >= 0.6 is 23.1 Å². The van der Waals surface area contributed by atoms with Crippen LogP contribution in [0, 0.1) is 11.3 Å². The van der Waals surface area contributed by atoms with Gasteiger partial charge in [-0.3, -0.25) is 19.8 Å². The minimum absolute atomic E-state index is 0.310. The number of urea groups is 1. The number of carbonyl (C=O) groups is 3. The Morgan fingerprint density at radius 2 is 2.00 bits per heavy atom. The molecule has 0 radical (unpaired) electrons. The van der Waals surface area contributed by atoms with Crippen LogP contribution < -0.4 is 10.6 Å². The number of thioether (sulfide) groups is 1. The Morgan fingerprint density at radius 3 is 2.70 bits per heavy atom. The van der Waals surface area contributed by atoms with Crippen LogP contribution in [0.2, 0.25) is 0 Å². The first-order valence-electron chi connectivity index (χ1n) is 9.38. The highest BCUT2D eigenvalue weighted by Gasteiger charge is 2.52. The Labute approximate surface area is 180 Å². The van der Waals surface area contributed by atoms with E-state index in [1.165, 1.54) is 23.1 Å². The van der Waals surface area contributed by atoms with E-state index in [0.717, 1.165) is 23.3 Å². The zero-order valence-electron chi connectivity index (χ0n) is 15.9. The lowest BCUT2D eigenvalue weighted by Gasteiger charge is -2.19. The summed E-state index contributed by atoms with van der Waals surface area (Å²) < 4.78 is 0.676. The van der Waals surface area contributed by atoms with Crippen LogP contribution in [0.5, 0.6) is 0 Å². The van der Waals surface area contributed by atoms with Gasteiger partial charge in [0.1, 0.15) is 12.1 Å². The maximum absolute atomic E-state index is 12.6. The molecule has 2 fully saturated rings. The van der Waals surface area contributed by atoms with Crippen molar-refractivity contribution in [2.75, 3.05) is 11.9 Å². The normalized spacial score (nSPS) is 17.2. The number of nitriles is 1. The fraction of sp³-hybridized carbons (Fsp3) is 0.368. The van der Waals surface area contributed by atoms with Crippen molar-refractivity contribution < 1.29 is 14.4 Å². The van der Waals surface area contributed by atoms with Crippen molar-refractivity contribution in [3.8, 4) is 6.07 Å². The summed E-state index contributed by atoms with van der Waals surface area (Å²) in [6.07, 6.45) is 3.01. The van der Waals surface area contributed by atoms with Crippen molar-refractivity contribution in [3.63, 3.8) is 0 Å². The van der Waals surface area contributed by atoms with E-state index in [9.17, 15) is 14.4 Å². The third kappa shape index (κ3) is 4.15. The van der Waals surface area contributed by atoms with Crippen LogP contribution in [0.25, 0.3) is 0 Å². The number of benzene rings is 1. The Kier molecular flexibility index (Phi) is 5.69. The van der Waals surface area contributed by atoms with Gasteiger partial charge < -0.3 is 5.32 Å². The standard InChI is InChI=1S/C19H18N6O3S2/c20-9-12-3-5-13(6-4-12)11-29-18-24-23-16(30-18)21-14(26)10-25-15(27)19(22-17(25)28)7-1-2-8-19/h3-6H,1-2,7-8,10-11H2,(H,22,28)(H,21,23,26). The Hall–Kier alpha value is -2.97. The maximum Gasteiger partial charge on any atom is 0.325 e. The largest absolute Gasteiger partial charge is 0.325 e. The van der Waals surface area contributed by atoms with Gasteiger partial charge in [-0.2, -0.15) is 5.26 Å². The summed E-state index contributed by atoms with van der Waals surface area (Å²) >= 11 is 2.68. The van der Waals surface area contributed by atoms with Crippen molar-refractivity contribution in [2.24, 2.45) is 0 Å². The molecule has 1 saturated carbocycles. The van der Waals surface area contributed by atoms with Crippen molar-refractivity contribution in [1.29, 1.82) is 5.26 Å². The molecule has 1 aliphatic heterocycles. The minimum Gasteiger partial charge on any atom is -0.323 e. The van der Waals surface area contributed by atoms with Gasteiger partial charge in [-0.05, 0) is 30.5 Å². The van der Waals surface area contributed by atoms with E-state index in [-0.39, 0.29) is 12.5 Å². The van der Waals surface area contributed by atoms with E-state index in [4.69, 9.17) is 5.26 Å². The summed E-state index contributed by atoms with van der Waals surface area (Å²) in [7, 11) is 0. The van der Waals surface area contributed by atoms with Crippen molar-refractivity contribution in [1.82, 2.24) is 20.4 Å². The Morgan fingerprint density at radius 1 is 1.27 bits per heavy atom. The number of rotatable bonds is 6. The predicted molar refractivity (Wildman–Crippen MR) is 111 cm³/mol. The molecule has 1 saturated heterocycles. The summed E-state index contributed by atoms with van der Waals surface area (Å²) in [5, 5.41) is 22.5. The second-order valence-corrected chi connectivity index (χ2v) is 9.33. The van der Waals surface area contributed by atoms with Crippen molar-refractivity contribution in [2.45, 2.75) is 41.3 Å². The summed E-state index contributed by atoms with van der Waals surface area (Å²) in [4.78, 5) is 38.1. The molecule has 4 rings (SSSR count). The molecule has 1 aromatic heterocycles. The van der Waals surface area contributed by atoms with E-state index in [2.05, 4.69) is 26.9 Å². The van der Waals surface area contributed by atoms with Crippen molar-refractivity contribution in [3.05, 3.63) is 35.4 Å². The molecular formula is C19H18N6O3S2. The molecule has 11 heteroatoms. The van der Waals surface area contributed by atoms with Gasteiger partial charge >= 0.3 is 6.03 Å². The predicted octanol–water partition coefficient (Wildman–Crippen LogP) is 2.51. The number of nitrogens with zero attached hydrogens (tertiary/aromatic N) is 4. The quantitative estimate of drug-likeness (QED) is 0.400. The van der Waals surface area contributed by atoms with E-state index in [1.807, 2.05) is 12.1 Å². The minimum atomic E-state index is -0.824. The number of carbonyl (C=O) groups excluding carboxylic acids is 3. The van der Waals surface area contributed by atoms with Crippen LogP contribution in [0.4, 0.5) is 9.93 Å². The fourth-order valence-electron chi connectivity index (χ4n) is 3.58. The van der Waals surface area contributed by atoms with E-state index >= 15 is 0 Å². The third-order valence-electron chi connectivity index (χ3n) is 5.10. The molecule has 1 aliphatic carbocycles. The number of amides is 4. The lowest BCUT2D eigenvalue weighted by atomic mass is 9.98. The zero-order valence-corrected chi connectivity index (χ0v) is 17.5. The van der Waals surface area contributed by atoms with Gasteiger partial charge in [0.05, 0.1) is 11.6 Å². The summed E-state index contributed by atoms with van der Waals surface area (Å²) in [6.45, 7) is -0.348. The molecule has 0 bridgehead atoms. The number of imide groups is 1. The van der Waals surface area contributed by atoms with Crippen LogP contribution in [-0.2, 0) is 15.3 Å². The molecule has 2 N–H and O–H groups in total. The highest BCUT2D eigenvalue weighted by Crippen LogP contribution is 2.35. The van der Waals surface area contributed by atoms with Crippen LogP contribution in [0.3, 0.4) is 0 Å². The first kappa shape index (κ1) is 20.3. The summed E-state index contributed by atoms with van der Waals surface area (Å²) in [5.41, 5.74) is 0.822. The highest BCUT2D eigenvalue weighted by atomic mass is 32.2. The fourth-order valence-corrected chi connectivity index (χ4v) is 5.30. The topological polar surface area (TPSA) is 128 Å². The van der Waals surface area contributed by atoms with Crippen LogP contribution in [-0.4, -0.2) is 45.0 Å². The monoisotopic (exact) mass is 442 g/mol. The molecule has 0 unspecified atom stereocenters. The van der Waals surface area contributed by atoms with Gasteiger partial charge in [0, 0.05) is 5.75 Å². The lowest BCUT2D eigenvalue weighted by molar-refractivity contribution is -0.133. The molecule has 2 aliphatic rings. The first-order valence-corrected chi connectivity index (χ1v) is 11.2. The lowest BCUT2D eigenvalue weighted by Crippen LogP contribution is -2.44. The number of anilines is 1. The van der Waals surface area contributed by atoms with Gasteiger partial charge in [-0.25, -0.2) is 4.79 Å². The second-order valence-electron chi connectivity index (χ2n) is 7.13. The molecule has 0 atom stereocenters. The molecule has 9 nitrogen and oxygen atoms in total. The molecule has 2 heterocycles. The number of aromatic nitrogens is 2. The molecule has 1 spiro atoms. The third-order valence-corrected chi connectivity index (χ3v) is 7.15. The van der Waals surface area contributed by atoms with Gasteiger partial charge in [0.15, 0.2) is 4.34 Å². The number of hydrogen-bond donors (Lipinski definition) is 2. The molecule has 2 aromatic rings. The molecule has 1 aromatic carbocycles. The van der Waals surface area contributed by atoms with E-state index in [0.29, 0.717) is 33.6 Å². The Bertz CT molecular complexity index is 1020. The average molecular weight is 443 g/mol. The maximum atomic E-state index is 12.6. The van der Waals surface area contributed by atoms with Gasteiger partial charge in [-0.1, -0.05) is 48.1 Å². The van der Waals surface area contributed by atoms with E-state index in [1.54, 1.807) is 12.1 Å². The van der Waals surface area contributed by atoms with Gasteiger partial charge in [0.25, 0.3) is 5.91 Å². The number of hydrogen-bond acceptors (Lipinski definition) is 8. The second kappa shape index (κ2) is 8.41. The smallest absolute Gasteiger partial charge is 0.323 e. The zero-order chi connectivity index (χ0) is 21.1. The van der Waals surface area contributed by atoms with Crippen LogP contribution in [0.15, 0.2) is 28.6 Å².